The van der Waals surface area contributed by atoms with Gasteiger partial charge in [0.1, 0.15) is 30.8 Å². The zero-order valence-corrected chi connectivity index (χ0v) is 36.2. The number of aliphatic hydroxyl groups excluding tert-OH is 2. The number of fused-ring (bicyclic) bond motifs is 2. The SMILES string of the molecule is C=CCOc1ccc2c(c1)[C@H]1[C@H](CCCCO)[C@@H](CCCCO)C=C3C(=NOCC)C[C@H](N(CCC)C(=O)OCCCCCCCCCCCC)[C@@](OCC=C)(O2)[C@H]31. The molecule has 0 spiro atoms. The molecule has 0 radical (unpaired) electrons. The van der Waals surface area contributed by atoms with Gasteiger partial charge in [-0.25, -0.2) is 4.79 Å². The van der Waals surface area contributed by atoms with Crippen LogP contribution in [0.25, 0.3) is 0 Å². The summed E-state index contributed by atoms with van der Waals surface area (Å²) in [7, 11) is 0. The van der Waals surface area contributed by atoms with Crippen LogP contribution in [0, 0.1) is 17.8 Å². The Morgan fingerprint density at radius 2 is 1.59 bits per heavy atom. The fraction of sp³-hybridized carbons (Fsp3) is 0.708. The van der Waals surface area contributed by atoms with Gasteiger partial charge in [0.2, 0.25) is 5.79 Å². The lowest BCUT2D eigenvalue weighted by molar-refractivity contribution is -0.255. The van der Waals surface area contributed by atoms with Crippen molar-refractivity contribution in [3.8, 4) is 11.5 Å². The molecule has 2 N–H and O–H groups in total. The van der Waals surface area contributed by atoms with Crippen molar-refractivity contribution < 1.29 is 38.8 Å². The Morgan fingerprint density at radius 3 is 2.24 bits per heavy atom. The molecule has 1 heterocycles. The Labute approximate surface area is 350 Å². The Morgan fingerprint density at radius 1 is 0.897 bits per heavy atom. The number of aliphatic hydroxyl groups is 2. The molecule has 0 aromatic heterocycles. The highest BCUT2D eigenvalue weighted by atomic mass is 16.7. The largest absolute Gasteiger partial charge is 0.490 e. The predicted molar refractivity (Wildman–Crippen MR) is 232 cm³/mol. The lowest BCUT2D eigenvalue weighted by Gasteiger charge is -2.59. The van der Waals surface area contributed by atoms with Gasteiger partial charge in [-0.15, -0.1) is 6.58 Å². The molecule has 326 valence electrons. The highest BCUT2D eigenvalue weighted by Crippen LogP contribution is 2.62. The Kier molecular flexibility index (Phi) is 21.2. The fourth-order valence-electron chi connectivity index (χ4n) is 9.48. The number of amides is 1. The molecule has 1 aromatic carbocycles. The molecule has 10 nitrogen and oxygen atoms in total. The third kappa shape index (κ3) is 12.6. The number of carbonyl (C=O) groups is 1. The molecule has 1 aromatic rings. The molecule has 0 bridgehead atoms. The van der Waals surface area contributed by atoms with E-state index in [2.05, 4.69) is 39.1 Å². The second kappa shape index (κ2) is 26.0. The summed E-state index contributed by atoms with van der Waals surface area (Å²) in [5, 5.41) is 24.5. The second-order valence-corrected chi connectivity index (χ2v) is 16.3. The van der Waals surface area contributed by atoms with Crippen LogP contribution in [-0.2, 0) is 14.3 Å². The molecule has 0 unspecified atom stereocenters. The highest BCUT2D eigenvalue weighted by molar-refractivity contribution is 6.02. The van der Waals surface area contributed by atoms with E-state index in [4.69, 9.17) is 28.9 Å². The minimum Gasteiger partial charge on any atom is -0.490 e. The molecule has 0 saturated heterocycles. The van der Waals surface area contributed by atoms with E-state index in [0.717, 1.165) is 74.0 Å². The number of unbranched alkanes of at least 4 members (excludes halogenated alkanes) is 11. The van der Waals surface area contributed by atoms with Crippen LogP contribution in [0.15, 0.2) is 60.3 Å². The maximum absolute atomic E-state index is 14.4. The monoisotopic (exact) mass is 809 g/mol. The van der Waals surface area contributed by atoms with Crippen molar-refractivity contribution in [1.82, 2.24) is 4.90 Å². The van der Waals surface area contributed by atoms with E-state index >= 15 is 0 Å². The lowest BCUT2D eigenvalue weighted by Crippen LogP contribution is -2.70. The van der Waals surface area contributed by atoms with Crippen LogP contribution in [0.1, 0.15) is 148 Å². The van der Waals surface area contributed by atoms with Gasteiger partial charge in [-0.3, -0.25) is 4.90 Å². The Bertz CT molecular complexity index is 1450. The molecule has 4 rings (SSSR count). The number of nitrogens with zero attached hydrogens (tertiary/aromatic N) is 2. The maximum atomic E-state index is 14.4. The first-order valence-corrected chi connectivity index (χ1v) is 22.8. The van der Waals surface area contributed by atoms with Gasteiger partial charge in [0.05, 0.1) is 24.8 Å². The summed E-state index contributed by atoms with van der Waals surface area (Å²) in [5.74, 6) is -0.0641. The van der Waals surface area contributed by atoms with Gasteiger partial charge in [-0.1, -0.05) is 114 Å². The molecule has 10 heteroatoms. The van der Waals surface area contributed by atoms with Crippen molar-refractivity contribution in [3.63, 3.8) is 0 Å². The Balaban J connectivity index is 1.77. The number of hydrogen-bond donors (Lipinski definition) is 2. The topological polar surface area (TPSA) is 119 Å². The van der Waals surface area contributed by atoms with Gasteiger partial charge >= 0.3 is 6.09 Å². The van der Waals surface area contributed by atoms with E-state index in [1.54, 1.807) is 12.2 Å². The van der Waals surface area contributed by atoms with Crippen LogP contribution in [0.5, 0.6) is 11.5 Å². The van der Waals surface area contributed by atoms with E-state index in [-0.39, 0.29) is 49.6 Å². The molecule has 1 amide bonds. The lowest BCUT2D eigenvalue weighted by atomic mass is 9.55. The number of allylic oxidation sites excluding steroid dienone is 1. The van der Waals surface area contributed by atoms with Gasteiger partial charge in [0, 0.05) is 37.7 Å². The highest BCUT2D eigenvalue weighted by Gasteiger charge is 2.65. The van der Waals surface area contributed by atoms with Crippen LogP contribution >= 0.6 is 0 Å². The van der Waals surface area contributed by atoms with E-state index in [1.807, 2.05) is 24.0 Å². The van der Waals surface area contributed by atoms with Crippen molar-refractivity contribution in [2.24, 2.45) is 22.9 Å². The van der Waals surface area contributed by atoms with Crippen LogP contribution in [0.3, 0.4) is 0 Å². The third-order valence-electron chi connectivity index (χ3n) is 12.1. The van der Waals surface area contributed by atoms with Crippen molar-refractivity contribution >= 4 is 11.8 Å². The summed E-state index contributed by atoms with van der Waals surface area (Å²) in [6.07, 6.45) is 23.5. The smallest absolute Gasteiger partial charge is 0.410 e. The number of benzene rings is 1. The summed E-state index contributed by atoms with van der Waals surface area (Å²) in [4.78, 5) is 22.1. The first-order chi connectivity index (χ1) is 28.4. The Hall–Kier alpha value is -3.34. The van der Waals surface area contributed by atoms with Crippen LogP contribution < -0.4 is 9.47 Å². The summed E-state index contributed by atoms with van der Waals surface area (Å²) < 4.78 is 26.5. The molecule has 1 saturated carbocycles. The molecule has 3 aliphatic rings. The zero-order valence-electron chi connectivity index (χ0n) is 36.2. The molecule has 1 fully saturated rings. The van der Waals surface area contributed by atoms with Crippen LogP contribution in [-0.4, -0.2) is 84.9 Å². The van der Waals surface area contributed by atoms with E-state index in [0.29, 0.717) is 51.4 Å². The molecule has 58 heavy (non-hydrogen) atoms. The number of hydrogen-bond acceptors (Lipinski definition) is 9. The van der Waals surface area contributed by atoms with E-state index < -0.39 is 11.8 Å². The van der Waals surface area contributed by atoms with Crippen molar-refractivity contribution in [2.45, 2.75) is 154 Å². The molecular weight excluding hydrogens is 733 g/mol. The number of rotatable bonds is 30. The van der Waals surface area contributed by atoms with Crippen molar-refractivity contribution in [2.75, 3.05) is 46.2 Å². The van der Waals surface area contributed by atoms with Gasteiger partial charge in [0.25, 0.3) is 0 Å². The average Bonchev–Trinajstić information content (AvgIpc) is 3.23. The minimum absolute atomic E-state index is 0.112. The van der Waals surface area contributed by atoms with E-state index in [1.165, 1.54) is 44.9 Å². The number of oxime groups is 1. The standard InChI is InChI=1S/C48H76N2O8/c1-6-11-12-13-14-15-16-17-18-23-33-55-47(53)50(28-7-2)44-36-42(49-57-10-5)40-34-37(24-19-21-29-51)39(25-20-22-30-52)45-41-35-38(54-31-8-3)26-27-43(41)58-48(44,46(40)45)56-32-9-4/h8-9,26-27,34-35,37,39,44-46,51-52H,3-4,6-7,10-25,28-33,36H2,1-2,5H3/t37-,39+,44-,45+,46+,48+/m0/s1. The van der Waals surface area contributed by atoms with E-state index in [9.17, 15) is 15.0 Å². The van der Waals surface area contributed by atoms with Crippen molar-refractivity contribution in [3.05, 3.63) is 60.7 Å². The van der Waals surface area contributed by atoms with Gasteiger partial charge in [-0.05, 0) is 81.1 Å². The van der Waals surface area contributed by atoms with Crippen LogP contribution in [0.4, 0.5) is 4.79 Å². The average molecular weight is 809 g/mol. The number of ether oxygens (including phenoxy) is 4. The molecular formula is C48H76N2O8. The quantitative estimate of drug-likeness (QED) is 0.0448. The minimum atomic E-state index is -1.30. The van der Waals surface area contributed by atoms with Gasteiger partial charge < -0.3 is 34.0 Å². The first-order valence-electron chi connectivity index (χ1n) is 22.8. The molecule has 1 aliphatic heterocycles. The van der Waals surface area contributed by atoms with Gasteiger partial charge in [-0.2, -0.15) is 0 Å². The summed E-state index contributed by atoms with van der Waals surface area (Å²) in [6, 6.07) is 5.40. The molecule has 6 atom stereocenters. The maximum Gasteiger partial charge on any atom is 0.410 e. The zero-order chi connectivity index (χ0) is 41.6. The predicted octanol–water partition coefficient (Wildman–Crippen LogP) is 10.7. The summed E-state index contributed by atoms with van der Waals surface area (Å²) in [5.41, 5.74) is 2.83. The van der Waals surface area contributed by atoms with Crippen molar-refractivity contribution in [1.29, 1.82) is 0 Å². The number of carbonyl (C=O) groups excluding carboxylic acids is 1. The molecule has 2 aliphatic carbocycles. The third-order valence-corrected chi connectivity index (χ3v) is 12.1. The van der Waals surface area contributed by atoms with Gasteiger partial charge in [0.15, 0.2) is 0 Å². The summed E-state index contributed by atoms with van der Waals surface area (Å²) >= 11 is 0. The fourth-order valence-corrected chi connectivity index (χ4v) is 9.48. The second-order valence-electron chi connectivity index (χ2n) is 16.3. The first kappa shape index (κ1) is 47.3. The summed E-state index contributed by atoms with van der Waals surface area (Å²) in [6.45, 7) is 16.2. The van der Waals surface area contributed by atoms with Crippen LogP contribution in [0.2, 0.25) is 0 Å². The normalized spacial score (nSPS) is 23.9.